The van der Waals surface area contributed by atoms with Crippen LogP contribution in [0.2, 0.25) is 0 Å². The number of hydrogen-bond donors (Lipinski definition) is 0. The molecule has 0 spiro atoms. The molecule has 0 aromatic rings. The Morgan fingerprint density at radius 2 is 2.06 bits per heavy atom. The van der Waals surface area contributed by atoms with Crippen LogP contribution in [-0.2, 0) is 14.2 Å². The second-order valence-corrected chi connectivity index (χ2v) is 5.20. The molecule has 1 atom stereocenters. The molecule has 0 radical (unpaired) electrons. The van der Waals surface area contributed by atoms with Crippen LogP contribution >= 0.6 is 0 Å². The summed E-state index contributed by atoms with van der Waals surface area (Å²) in [6.07, 6.45) is 0.719. The van der Waals surface area contributed by atoms with Gasteiger partial charge in [0.15, 0.2) is 0 Å². The summed E-state index contributed by atoms with van der Waals surface area (Å²) in [5.41, 5.74) is -0.438. The molecule has 100 valence electrons. The smallest absolute Gasteiger partial charge is 0.410 e. The van der Waals surface area contributed by atoms with Crippen LogP contribution in [0, 0.1) is 0 Å². The molecule has 1 aliphatic rings. The van der Waals surface area contributed by atoms with Crippen LogP contribution in [0.15, 0.2) is 0 Å². The quantitative estimate of drug-likeness (QED) is 0.707. The standard InChI is InChI=1S/C12H23NO4/c1-12(2,3)17-11(14)13-6-5-10(9-13)16-8-7-15-4/h10H,5-9H2,1-4H3/t10-/m1/s1. The zero-order valence-electron chi connectivity index (χ0n) is 11.2. The van der Waals surface area contributed by atoms with E-state index < -0.39 is 5.60 Å². The first kappa shape index (κ1) is 14.3. The van der Waals surface area contributed by atoms with Gasteiger partial charge < -0.3 is 19.1 Å². The van der Waals surface area contributed by atoms with Crippen molar-refractivity contribution in [3.63, 3.8) is 0 Å². The third kappa shape index (κ3) is 5.37. The zero-order chi connectivity index (χ0) is 12.9. The Morgan fingerprint density at radius 3 is 2.65 bits per heavy atom. The predicted octanol–water partition coefficient (Wildman–Crippen LogP) is 1.66. The molecule has 17 heavy (non-hydrogen) atoms. The lowest BCUT2D eigenvalue weighted by Gasteiger charge is -2.24. The lowest BCUT2D eigenvalue weighted by Crippen LogP contribution is -2.36. The minimum atomic E-state index is -0.438. The van der Waals surface area contributed by atoms with Crippen molar-refractivity contribution in [1.29, 1.82) is 0 Å². The highest BCUT2D eigenvalue weighted by atomic mass is 16.6. The number of rotatable bonds is 4. The van der Waals surface area contributed by atoms with E-state index in [2.05, 4.69) is 0 Å². The molecule has 0 aromatic heterocycles. The molecule has 5 heteroatoms. The van der Waals surface area contributed by atoms with Gasteiger partial charge in [-0.05, 0) is 27.2 Å². The number of amides is 1. The van der Waals surface area contributed by atoms with Gasteiger partial charge in [-0.25, -0.2) is 4.79 Å². The van der Waals surface area contributed by atoms with E-state index in [0.717, 1.165) is 6.42 Å². The zero-order valence-corrected chi connectivity index (χ0v) is 11.2. The Balaban J connectivity index is 2.27. The Labute approximate surface area is 103 Å². The fourth-order valence-electron chi connectivity index (χ4n) is 1.65. The number of ether oxygens (including phenoxy) is 3. The predicted molar refractivity (Wildman–Crippen MR) is 64.0 cm³/mol. The molecule has 1 fully saturated rings. The normalized spacial score (nSPS) is 20.7. The molecule has 0 aromatic carbocycles. The van der Waals surface area contributed by atoms with Gasteiger partial charge in [-0.3, -0.25) is 0 Å². The molecular weight excluding hydrogens is 222 g/mol. The number of nitrogens with zero attached hydrogens (tertiary/aromatic N) is 1. The maximum Gasteiger partial charge on any atom is 0.410 e. The Bertz CT molecular complexity index is 249. The summed E-state index contributed by atoms with van der Waals surface area (Å²) in [6, 6.07) is 0. The van der Waals surface area contributed by atoms with Crippen molar-refractivity contribution in [3.8, 4) is 0 Å². The lowest BCUT2D eigenvalue weighted by atomic mass is 10.2. The van der Waals surface area contributed by atoms with Crippen LogP contribution in [0.5, 0.6) is 0 Å². The van der Waals surface area contributed by atoms with Crippen LogP contribution in [0.3, 0.4) is 0 Å². The highest BCUT2D eigenvalue weighted by Crippen LogP contribution is 2.16. The van der Waals surface area contributed by atoms with Gasteiger partial charge in [0.25, 0.3) is 0 Å². The largest absolute Gasteiger partial charge is 0.444 e. The van der Waals surface area contributed by atoms with E-state index in [4.69, 9.17) is 14.2 Å². The summed E-state index contributed by atoms with van der Waals surface area (Å²) in [4.78, 5) is 13.5. The van der Waals surface area contributed by atoms with Crippen molar-refractivity contribution in [1.82, 2.24) is 4.90 Å². The fourth-order valence-corrected chi connectivity index (χ4v) is 1.65. The first-order valence-corrected chi connectivity index (χ1v) is 6.01. The van der Waals surface area contributed by atoms with Crippen molar-refractivity contribution in [3.05, 3.63) is 0 Å². The molecule has 1 rings (SSSR count). The van der Waals surface area contributed by atoms with Crippen molar-refractivity contribution >= 4 is 6.09 Å². The minimum Gasteiger partial charge on any atom is -0.444 e. The monoisotopic (exact) mass is 245 g/mol. The van der Waals surface area contributed by atoms with Gasteiger partial charge in [0.1, 0.15) is 5.60 Å². The van der Waals surface area contributed by atoms with Gasteiger partial charge in [0.05, 0.1) is 25.9 Å². The fraction of sp³-hybridized carbons (Fsp3) is 0.917. The van der Waals surface area contributed by atoms with Crippen LogP contribution in [-0.4, -0.2) is 56.1 Å². The molecule has 5 nitrogen and oxygen atoms in total. The van der Waals surface area contributed by atoms with Crippen LogP contribution < -0.4 is 0 Å². The molecule has 1 aliphatic heterocycles. The van der Waals surface area contributed by atoms with Crippen molar-refractivity contribution < 1.29 is 19.0 Å². The van der Waals surface area contributed by atoms with Crippen molar-refractivity contribution in [2.45, 2.75) is 38.9 Å². The molecule has 0 saturated carbocycles. The summed E-state index contributed by atoms with van der Waals surface area (Å²) in [5, 5.41) is 0. The SMILES string of the molecule is COCCO[C@@H]1CCN(C(=O)OC(C)(C)C)C1. The summed E-state index contributed by atoms with van der Waals surface area (Å²) >= 11 is 0. The maximum atomic E-state index is 11.8. The highest BCUT2D eigenvalue weighted by molar-refractivity contribution is 5.68. The summed E-state index contributed by atoms with van der Waals surface area (Å²) in [6.45, 7) is 8.08. The number of carbonyl (C=O) groups excluding carboxylic acids is 1. The van der Waals surface area contributed by atoms with Gasteiger partial charge in [0, 0.05) is 13.7 Å². The molecule has 1 amide bonds. The second-order valence-electron chi connectivity index (χ2n) is 5.20. The van der Waals surface area contributed by atoms with Gasteiger partial charge in [-0.2, -0.15) is 0 Å². The second kappa shape index (κ2) is 6.21. The van der Waals surface area contributed by atoms with E-state index in [1.807, 2.05) is 20.8 Å². The first-order chi connectivity index (χ1) is 7.92. The van der Waals surface area contributed by atoms with E-state index in [0.29, 0.717) is 26.3 Å². The Morgan fingerprint density at radius 1 is 1.35 bits per heavy atom. The lowest BCUT2D eigenvalue weighted by molar-refractivity contribution is 0.0106. The van der Waals surface area contributed by atoms with E-state index in [-0.39, 0.29) is 12.2 Å². The van der Waals surface area contributed by atoms with Gasteiger partial charge in [-0.1, -0.05) is 0 Å². The Kier molecular flexibility index (Phi) is 5.21. The molecular formula is C12H23NO4. The third-order valence-corrected chi connectivity index (χ3v) is 2.44. The summed E-state index contributed by atoms with van der Waals surface area (Å²) in [5.74, 6) is 0. The molecule has 1 saturated heterocycles. The van der Waals surface area contributed by atoms with E-state index in [1.165, 1.54) is 0 Å². The third-order valence-electron chi connectivity index (χ3n) is 2.44. The van der Waals surface area contributed by atoms with E-state index in [9.17, 15) is 4.79 Å². The van der Waals surface area contributed by atoms with Crippen LogP contribution in [0.25, 0.3) is 0 Å². The number of carbonyl (C=O) groups is 1. The number of methoxy groups -OCH3 is 1. The first-order valence-electron chi connectivity index (χ1n) is 6.01. The Hall–Kier alpha value is -0.810. The van der Waals surface area contributed by atoms with Crippen LogP contribution in [0.1, 0.15) is 27.2 Å². The maximum absolute atomic E-state index is 11.8. The minimum absolute atomic E-state index is 0.109. The molecule has 0 aliphatic carbocycles. The van der Waals surface area contributed by atoms with Crippen molar-refractivity contribution in [2.75, 3.05) is 33.4 Å². The molecule has 0 bridgehead atoms. The van der Waals surface area contributed by atoms with Crippen molar-refractivity contribution in [2.24, 2.45) is 0 Å². The molecule has 0 unspecified atom stereocenters. The topological polar surface area (TPSA) is 48.0 Å². The van der Waals surface area contributed by atoms with Gasteiger partial charge >= 0.3 is 6.09 Å². The summed E-state index contributed by atoms with van der Waals surface area (Å²) in [7, 11) is 1.64. The average Bonchev–Trinajstić information content (AvgIpc) is 2.64. The molecule has 1 heterocycles. The number of likely N-dealkylation sites (tertiary alicyclic amines) is 1. The summed E-state index contributed by atoms with van der Waals surface area (Å²) < 4.78 is 15.8. The highest BCUT2D eigenvalue weighted by Gasteiger charge is 2.29. The average molecular weight is 245 g/mol. The van der Waals surface area contributed by atoms with Gasteiger partial charge in [-0.15, -0.1) is 0 Å². The van der Waals surface area contributed by atoms with Gasteiger partial charge in [0.2, 0.25) is 0 Å². The molecule has 0 N–H and O–H groups in total. The number of hydrogen-bond acceptors (Lipinski definition) is 4. The van der Waals surface area contributed by atoms with Crippen LogP contribution in [0.4, 0.5) is 4.79 Å². The van der Waals surface area contributed by atoms with E-state index >= 15 is 0 Å². The van der Waals surface area contributed by atoms with E-state index in [1.54, 1.807) is 12.0 Å².